The SMILES string of the molecule is O=C1C[C@H](c2c(F)cccc2Cl)c2c(nc(-c3ccccc3)[nH]c2=O)N1. The summed E-state index contributed by atoms with van der Waals surface area (Å²) >= 11 is 6.15. The highest BCUT2D eigenvalue weighted by Gasteiger charge is 2.33. The molecule has 1 aromatic heterocycles. The number of nitrogens with zero attached hydrogens (tertiary/aromatic N) is 1. The fraction of sp³-hybridized carbons (Fsp3) is 0.105. The van der Waals surface area contributed by atoms with Gasteiger partial charge in [-0.2, -0.15) is 0 Å². The molecule has 1 aliphatic heterocycles. The van der Waals surface area contributed by atoms with Crippen molar-refractivity contribution in [3.05, 3.63) is 80.9 Å². The minimum absolute atomic E-state index is 0.0803. The van der Waals surface area contributed by atoms with E-state index in [0.29, 0.717) is 11.4 Å². The van der Waals surface area contributed by atoms with Gasteiger partial charge >= 0.3 is 0 Å². The summed E-state index contributed by atoms with van der Waals surface area (Å²) in [5.74, 6) is -1.25. The first-order valence-electron chi connectivity index (χ1n) is 7.98. The van der Waals surface area contributed by atoms with Crippen molar-refractivity contribution in [3.63, 3.8) is 0 Å². The number of carbonyl (C=O) groups is 1. The van der Waals surface area contributed by atoms with Crippen molar-refractivity contribution >= 4 is 23.3 Å². The fourth-order valence-corrected chi connectivity index (χ4v) is 3.49. The maximum Gasteiger partial charge on any atom is 0.257 e. The van der Waals surface area contributed by atoms with E-state index in [0.717, 1.165) is 0 Å². The van der Waals surface area contributed by atoms with E-state index in [1.54, 1.807) is 12.1 Å². The highest BCUT2D eigenvalue weighted by Crippen LogP contribution is 2.38. The molecule has 1 atom stereocenters. The van der Waals surface area contributed by atoms with Crippen LogP contribution in [0.5, 0.6) is 0 Å². The lowest BCUT2D eigenvalue weighted by Gasteiger charge is -2.25. The van der Waals surface area contributed by atoms with Gasteiger partial charge in [-0.25, -0.2) is 9.37 Å². The van der Waals surface area contributed by atoms with E-state index in [4.69, 9.17) is 11.6 Å². The standard InChI is InChI=1S/C19H13ClFN3O2/c20-12-7-4-8-13(21)15(12)11-9-14(25)22-18-16(11)19(26)24-17(23-18)10-5-2-1-3-6-10/h1-8,11H,9H2,(H2,22,23,24,25,26)/t11-/m1/s1. The number of fused-ring (bicyclic) bond motifs is 1. The van der Waals surface area contributed by atoms with E-state index < -0.39 is 17.3 Å². The highest BCUT2D eigenvalue weighted by atomic mass is 35.5. The van der Waals surface area contributed by atoms with Crippen LogP contribution in [0.15, 0.2) is 53.3 Å². The molecule has 7 heteroatoms. The molecule has 0 fully saturated rings. The van der Waals surface area contributed by atoms with E-state index >= 15 is 0 Å². The third kappa shape index (κ3) is 2.78. The third-order valence-electron chi connectivity index (χ3n) is 4.35. The van der Waals surface area contributed by atoms with Crippen LogP contribution in [-0.2, 0) is 4.79 Å². The second-order valence-electron chi connectivity index (χ2n) is 5.98. The molecule has 0 bridgehead atoms. The van der Waals surface area contributed by atoms with Crippen molar-refractivity contribution in [1.29, 1.82) is 0 Å². The van der Waals surface area contributed by atoms with Crippen LogP contribution >= 0.6 is 11.6 Å². The summed E-state index contributed by atoms with van der Waals surface area (Å²) in [6.45, 7) is 0. The van der Waals surface area contributed by atoms with Gasteiger partial charge in [0.05, 0.1) is 5.56 Å². The lowest BCUT2D eigenvalue weighted by molar-refractivity contribution is -0.116. The molecule has 4 rings (SSSR count). The summed E-state index contributed by atoms with van der Waals surface area (Å²) in [5, 5.41) is 2.78. The van der Waals surface area contributed by atoms with Crippen LogP contribution in [0.1, 0.15) is 23.5 Å². The van der Waals surface area contributed by atoms with Gasteiger partial charge in [-0.1, -0.05) is 48.0 Å². The maximum absolute atomic E-state index is 14.4. The summed E-state index contributed by atoms with van der Waals surface area (Å²) in [4.78, 5) is 32.0. The number of aromatic amines is 1. The maximum atomic E-state index is 14.4. The quantitative estimate of drug-likeness (QED) is 0.723. The molecule has 2 aromatic carbocycles. The Balaban J connectivity index is 1.91. The number of anilines is 1. The van der Waals surface area contributed by atoms with Gasteiger partial charge in [-0.15, -0.1) is 0 Å². The Morgan fingerprint density at radius 2 is 1.81 bits per heavy atom. The topological polar surface area (TPSA) is 74.8 Å². The lowest BCUT2D eigenvalue weighted by Crippen LogP contribution is -2.31. The number of benzene rings is 2. The number of amides is 1. The van der Waals surface area contributed by atoms with E-state index in [1.807, 2.05) is 18.2 Å². The Kier molecular flexibility index (Phi) is 4.05. The number of H-pyrrole nitrogens is 1. The molecule has 0 saturated heterocycles. The van der Waals surface area contributed by atoms with Crippen molar-refractivity contribution in [3.8, 4) is 11.4 Å². The molecule has 2 N–H and O–H groups in total. The minimum Gasteiger partial charge on any atom is -0.310 e. The molecule has 0 aliphatic carbocycles. The highest BCUT2D eigenvalue weighted by molar-refractivity contribution is 6.31. The molecular weight excluding hydrogens is 357 g/mol. The Hall–Kier alpha value is -2.99. The summed E-state index contributed by atoms with van der Waals surface area (Å²) < 4.78 is 14.4. The number of hydrogen-bond acceptors (Lipinski definition) is 3. The zero-order chi connectivity index (χ0) is 18.3. The Bertz CT molecular complexity index is 1050. The molecule has 5 nitrogen and oxygen atoms in total. The molecule has 1 amide bonds. The first-order valence-corrected chi connectivity index (χ1v) is 8.36. The molecule has 2 heterocycles. The molecule has 0 radical (unpaired) electrons. The van der Waals surface area contributed by atoms with E-state index in [1.165, 1.54) is 18.2 Å². The monoisotopic (exact) mass is 369 g/mol. The summed E-state index contributed by atoms with van der Waals surface area (Å²) in [6.07, 6.45) is -0.0803. The van der Waals surface area contributed by atoms with E-state index in [2.05, 4.69) is 15.3 Å². The van der Waals surface area contributed by atoms with Crippen molar-refractivity contribution < 1.29 is 9.18 Å². The van der Waals surface area contributed by atoms with Crippen molar-refractivity contribution in [2.75, 3.05) is 5.32 Å². The van der Waals surface area contributed by atoms with Gasteiger partial charge < -0.3 is 10.3 Å². The molecule has 26 heavy (non-hydrogen) atoms. The van der Waals surface area contributed by atoms with Crippen LogP contribution in [0.4, 0.5) is 10.2 Å². The Morgan fingerprint density at radius 1 is 1.04 bits per heavy atom. The first kappa shape index (κ1) is 16.5. The molecule has 130 valence electrons. The fourth-order valence-electron chi connectivity index (χ4n) is 3.19. The van der Waals surface area contributed by atoms with Gasteiger partial charge in [0.2, 0.25) is 5.91 Å². The molecule has 3 aromatic rings. The molecular formula is C19H13ClFN3O2. The zero-order valence-electron chi connectivity index (χ0n) is 13.4. The number of rotatable bonds is 2. The Morgan fingerprint density at radius 3 is 2.54 bits per heavy atom. The van der Waals surface area contributed by atoms with E-state index in [-0.39, 0.29) is 34.3 Å². The van der Waals surface area contributed by atoms with Gasteiger partial charge in [0.25, 0.3) is 5.56 Å². The van der Waals surface area contributed by atoms with Crippen LogP contribution < -0.4 is 10.9 Å². The predicted molar refractivity (Wildman–Crippen MR) is 96.8 cm³/mol. The van der Waals surface area contributed by atoms with E-state index in [9.17, 15) is 14.0 Å². The average Bonchev–Trinajstić information content (AvgIpc) is 2.61. The number of aromatic nitrogens is 2. The van der Waals surface area contributed by atoms with Gasteiger partial charge in [-0.3, -0.25) is 9.59 Å². The van der Waals surface area contributed by atoms with Crippen molar-refractivity contribution in [2.45, 2.75) is 12.3 Å². The van der Waals surface area contributed by atoms with Crippen LogP contribution in [0.25, 0.3) is 11.4 Å². The molecule has 1 aliphatic rings. The number of nitrogens with one attached hydrogen (secondary N) is 2. The van der Waals surface area contributed by atoms with Crippen LogP contribution in [0.2, 0.25) is 5.02 Å². The van der Waals surface area contributed by atoms with Crippen LogP contribution in [0.3, 0.4) is 0 Å². The normalized spacial score (nSPS) is 16.1. The van der Waals surface area contributed by atoms with Crippen molar-refractivity contribution in [1.82, 2.24) is 9.97 Å². The third-order valence-corrected chi connectivity index (χ3v) is 4.68. The number of hydrogen-bond donors (Lipinski definition) is 2. The second-order valence-corrected chi connectivity index (χ2v) is 6.39. The smallest absolute Gasteiger partial charge is 0.257 e. The van der Waals surface area contributed by atoms with Crippen molar-refractivity contribution in [2.24, 2.45) is 0 Å². The molecule has 0 unspecified atom stereocenters. The Labute approximate surface area is 152 Å². The van der Waals surface area contributed by atoms with Crippen LogP contribution in [0, 0.1) is 5.82 Å². The lowest BCUT2D eigenvalue weighted by atomic mass is 9.86. The first-order chi connectivity index (χ1) is 12.5. The second kappa shape index (κ2) is 6.38. The minimum atomic E-state index is -0.798. The zero-order valence-corrected chi connectivity index (χ0v) is 14.2. The van der Waals surface area contributed by atoms with Crippen LogP contribution in [-0.4, -0.2) is 15.9 Å². The number of carbonyl (C=O) groups excluding carboxylic acids is 1. The molecule has 0 spiro atoms. The molecule has 0 saturated carbocycles. The van der Waals surface area contributed by atoms with Gasteiger partial charge in [0.1, 0.15) is 17.5 Å². The van der Waals surface area contributed by atoms with Gasteiger partial charge in [0.15, 0.2) is 0 Å². The summed E-state index contributed by atoms with van der Waals surface area (Å²) in [6, 6.07) is 13.3. The predicted octanol–water partition coefficient (Wildman–Crippen LogP) is 3.70. The number of halogens is 2. The van der Waals surface area contributed by atoms with Gasteiger partial charge in [0, 0.05) is 28.5 Å². The summed E-state index contributed by atoms with van der Waals surface area (Å²) in [5.41, 5.74) is 0.604. The average molecular weight is 370 g/mol. The largest absolute Gasteiger partial charge is 0.310 e. The van der Waals surface area contributed by atoms with Gasteiger partial charge in [-0.05, 0) is 12.1 Å². The summed E-state index contributed by atoms with van der Waals surface area (Å²) in [7, 11) is 0.